The maximum absolute atomic E-state index is 14.8. The van der Waals surface area contributed by atoms with Crippen LogP contribution in [0.25, 0.3) is 0 Å². The Morgan fingerprint density at radius 3 is 0.964 bits per heavy atom. The maximum Gasteiger partial charge on any atom is 0.411 e. The van der Waals surface area contributed by atoms with Gasteiger partial charge in [-0.15, -0.1) is 0 Å². The van der Waals surface area contributed by atoms with Crippen LogP contribution in [0.3, 0.4) is 0 Å². The van der Waals surface area contributed by atoms with E-state index in [0.717, 1.165) is 59.7 Å². The molecule has 12 heteroatoms. The quantitative estimate of drug-likeness (QED) is 0.0794. The van der Waals surface area contributed by atoms with Crippen LogP contribution < -0.4 is 9.47 Å². The first-order valence-corrected chi connectivity index (χ1v) is 16.7. The molecule has 0 unspecified atom stereocenters. The summed E-state index contributed by atoms with van der Waals surface area (Å²) in [5, 5.41) is 0. The van der Waals surface area contributed by atoms with Crippen molar-refractivity contribution < 1.29 is 45.3 Å². The van der Waals surface area contributed by atoms with Gasteiger partial charge < -0.3 is 18.9 Å². The van der Waals surface area contributed by atoms with Gasteiger partial charge in [0.1, 0.15) is 23.0 Å². The van der Waals surface area contributed by atoms with Gasteiger partial charge in [-0.3, -0.25) is 0 Å². The number of hydrogen-bond donors (Lipinski definition) is 0. The Morgan fingerprint density at radius 1 is 0.400 bits per heavy atom. The normalized spacial score (nSPS) is 12.6. The molecule has 6 aromatic rings. The molecule has 6 nitrogen and oxygen atoms in total. The number of aliphatic imine (C=N–C) groups is 2. The van der Waals surface area contributed by atoms with Crippen LogP contribution in [-0.2, 0) is 14.9 Å². The summed E-state index contributed by atoms with van der Waals surface area (Å²) < 4.78 is 111. The lowest BCUT2D eigenvalue weighted by molar-refractivity contribution is -0.288. The fourth-order valence-electron chi connectivity index (χ4n) is 5.83. The topological polar surface area (TPSA) is 61.6 Å². The minimum atomic E-state index is -5.77. The van der Waals surface area contributed by atoms with E-state index >= 15 is 0 Å². The first-order valence-electron chi connectivity index (χ1n) is 16.7. The first kappa shape index (κ1) is 38.2. The fraction of sp³-hybridized carbons (Fsp3) is 0.116. The third-order valence-corrected chi connectivity index (χ3v) is 8.46. The van der Waals surface area contributed by atoms with Crippen LogP contribution in [0.2, 0.25) is 0 Å². The molecule has 0 aliphatic heterocycles. The maximum atomic E-state index is 14.8. The molecular formula is C43H32F6N2O4. The number of benzene rings is 6. The molecule has 0 fully saturated rings. The number of rotatable bonds is 10. The Kier molecular flexibility index (Phi) is 11.3. The number of hydrogen-bond acceptors (Lipinski definition) is 6. The zero-order valence-corrected chi connectivity index (χ0v) is 29.3. The minimum absolute atomic E-state index is 0.0269. The van der Waals surface area contributed by atoms with Gasteiger partial charge in [-0.2, -0.15) is 26.3 Å². The van der Waals surface area contributed by atoms with E-state index in [0.29, 0.717) is 23.2 Å². The first-order chi connectivity index (χ1) is 26.4. The molecule has 55 heavy (non-hydrogen) atoms. The largest absolute Gasteiger partial charge is 0.481 e. The van der Waals surface area contributed by atoms with Crippen LogP contribution in [0.4, 0.5) is 37.7 Å². The molecule has 6 aromatic carbocycles. The predicted molar refractivity (Wildman–Crippen MR) is 198 cm³/mol. The van der Waals surface area contributed by atoms with Gasteiger partial charge in [-0.1, -0.05) is 60.7 Å². The van der Waals surface area contributed by atoms with E-state index in [4.69, 9.17) is 18.9 Å². The van der Waals surface area contributed by atoms with E-state index in [9.17, 15) is 26.3 Å². The van der Waals surface area contributed by atoms with Crippen molar-refractivity contribution in [1.82, 2.24) is 0 Å². The van der Waals surface area contributed by atoms with Gasteiger partial charge in [0.15, 0.2) is 0 Å². The minimum Gasteiger partial charge on any atom is -0.481 e. The van der Waals surface area contributed by atoms with Crippen molar-refractivity contribution in [3.05, 3.63) is 180 Å². The molecule has 0 atom stereocenters. The Hall–Kier alpha value is -6.56. The van der Waals surface area contributed by atoms with Crippen LogP contribution in [0, 0.1) is 0 Å². The second-order valence-electron chi connectivity index (χ2n) is 12.0. The van der Waals surface area contributed by atoms with E-state index < -0.39 is 28.9 Å². The van der Waals surface area contributed by atoms with Crippen molar-refractivity contribution in [2.45, 2.75) is 17.8 Å². The third kappa shape index (κ3) is 8.49. The van der Waals surface area contributed by atoms with Crippen LogP contribution >= 0.6 is 0 Å². The van der Waals surface area contributed by atoms with Crippen molar-refractivity contribution in [1.29, 1.82) is 0 Å². The smallest absolute Gasteiger partial charge is 0.411 e. The molecule has 0 saturated carbocycles. The Morgan fingerprint density at radius 2 is 0.691 bits per heavy atom. The number of nitrogens with zero attached hydrogens (tertiary/aromatic N) is 2. The molecule has 280 valence electrons. The van der Waals surface area contributed by atoms with E-state index in [1.165, 1.54) is 14.2 Å². The van der Waals surface area contributed by atoms with E-state index in [1.807, 2.05) is 60.7 Å². The highest BCUT2D eigenvalue weighted by Crippen LogP contribution is 2.56. The summed E-state index contributed by atoms with van der Waals surface area (Å²) in [6, 6.07) is 38.5. The predicted octanol–water partition coefficient (Wildman–Crippen LogP) is 12.1. The van der Waals surface area contributed by atoms with Crippen LogP contribution in [0.5, 0.6) is 23.0 Å². The lowest BCUT2D eigenvalue weighted by Crippen LogP contribution is -2.54. The standard InChI is InChI=1S/C43H32F6N2O4/c1-52-39(29-9-5-3-6-10-29)50-33-17-25-37(26-18-33)54-35-21-13-31(14-22-35)41(42(44,45)46,43(47,48)49)32-15-23-36(24-16-32)55-38-27-19-34(20-28-38)51-40(53-2)30-11-7-4-8-12-30/h3-28H,1-2H3/b50-39-,51-40-. The van der Waals surface area contributed by atoms with E-state index in [-0.39, 0.29) is 23.0 Å². The van der Waals surface area contributed by atoms with Gasteiger partial charge in [0.2, 0.25) is 17.2 Å². The Labute approximate surface area is 313 Å². The molecule has 0 aliphatic carbocycles. The highest BCUT2D eigenvalue weighted by atomic mass is 19.4. The highest BCUT2D eigenvalue weighted by Gasteiger charge is 2.72. The summed E-state index contributed by atoms with van der Waals surface area (Å²) in [5.74, 6) is 1.38. The fourth-order valence-corrected chi connectivity index (χ4v) is 5.83. The summed E-state index contributed by atoms with van der Waals surface area (Å²) in [6.07, 6.45) is -11.5. The lowest BCUT2D eigenvalue weighted by Gasteiger charge is -2.38. The van der Waals surface area contributed by atoms with Crippen molar-refractivity contribution in [3.63, 3.8) is 0 Å². The van der Waals surface area contributed by atoms with Gasteiger partial charge in [-0.25, -0.2) is 9.98 Å². The Bertz CT molecular complexity index is 2060. The number of alkyl halides is 6. The molecule has 0 aromatic heterocycles. The van der Waals surface area contributed by atoms with Gasteiger partial charge in [0, 0.05) is 11.1 Å². The van der Waals surface area contributed by atoms with E-state index in [2.05, 4.69) is 9.98 Å². The lowest BCUT2D eigenvalue weighted by atomic mass is 9.73. The average Bonchev–Trinajstić information content (AvgIpc) is 3.18. The zero-order chi connectivity index (χ0) is 39.1. The number of halogens is 6. The molecule has 0 heterocycles. The summed E-state index contributed by atoms with van der Waals surface area (Å²) in [5.41, 5.74) is -3.84. The number of methoxy groups -OCH3 is 2. The monoisotopic (exact) mass is 754 g/mol. The third-order valence-electron chi connectivity index (χ3n) is 8.46. The van der Waals surface area contributed by atoms with Crippen LogP contribution in [0.1, 0.15) is 22.3 Å². The molecule has 0 aliphatic rings. The zero-order valence-electron chi connectivity index (χ0n) is 29.3. The van der Waals surface area contributed by atoms with Gasteiger partial charge in [-0.05, 0) is 108 Å². The van der Waals surface area contributed by atoms with Crippen molar-refractivity contribution in [2.24, 2.45) is 9.98 Å². The molecule has 0 spiro atoms. The van der Waals surface area contributed by atoms with E-state index in [1.54, 1.807) is 48.5 Å². The van der Waals surface area contributed by atoms with Crippen molar-refractivity contribution in [3.8, 4) is 23.0 Å². The van der Waals surface area contributed by atoms with Crippen molar-refractivity contribution in [2.75, 3.05) is 14.2 Å². The molecule has 0 saturated heterocycles. The van der Waals surface area contributed by atoms with Gasteiger partial charge in [0.25, 0.3) is 0 Å². The molecule has 0 radical (unpaired) electrons. The summed E-state index contributed by atoms with van der Waals surface area (Å²) in [6.45, 7) is 0. The summed E-state index contributed by atoms with van der Waals surface area (Å²) in [7, 11) is 2.98. The molecule has 0 amide bonds. The van der Waals surface area contributed by atoms with Crippen LogP contribution in [-0.4, -0.2) is 38.4 Å². The molecule has 0 N–H and O–H groups in total. The SMILES string of the molecule is CO/C(=N\c1ccc(Oc2ccc(C(c3ccc(Oc4ccc(/N=C(\OC)c5ccccc5)cc4)cc3)(C(F)(F)F)C(F)(F)F)cc2)cc1)c1ccccc1. The van der Waals surface area contributed by atoms with Gasteiger partial charge >= 0.3 is 12.4 Å². The second-order valence-corrected chi connectivity index (χ2v) is 12.0. The summed E-state index contributed by atoms with van der Waals surface area (Å²) in [4.78, 5) is 8.94. The van der Waals surface area contributed by atoms with Gasteiger partial charge in [0.05, 0.1) is 25.6 Å². The summed E-state index contributed by atoms with van der Waals surface area (Å²) >= 11 is 0. The van der Waals surface area contributed by atoms with Crippen molar-refractivity contribution >= 4 is 23.2 Å². The molecular weight excluding hydrogens is 722 g/mol. The highest BCUT2D eigenvalue weighted by molar-refractivity contribution is 5.96. The Balaban J connectivity index is 1.20. The van der Waals surface area contributed by atoms with Crippen LogP contribution in [0.15, 0.2) is 168 Å². The molecule has 0 bridgehead atoms. The number of ether oxygens (including phenoxy) is 4. The second kappa shape index (κ2) is 16.2. The molecule has 6 rings (SSSR count). The average molecular weight is 755 g/mol.